The monoisotopic (exact) mass is 276 g/mol. The Morgan fingerprint density at radius 3 is 2.33 bits per heavy atom. The second kappa shape index (κ2) is 6.58. The van der Waals surface area contributed by atoms with Crippen molar-refractivity contribution in [3.63, 3.8) is 0 Å². The molecule has 2 aromatic rings. The van der Waals surface area contributed by atoms with Crippen LogP contribution in [0.5, 0.6) is 0 Å². The van der Waals surface area contributed by atoms with E-state index in [1.165, 1.54) is 27.7 Å². The summed E-state index contributed by atoms with van der Waals surface area (Å²) in [5.41, 5.74) is 7.62. The number of benzene rings is 2. The number of carbonyl (C=O) groups excluding carboxylic acids is 1. The van der Waals surface area contributed by atoms with Gasteiger partial charge in [-0.3, -0.25) is 4.79 Å². The van der Waals surface area contributed by atoms with Gasteiger partial charge in [-0.15, -0.1) is 0 Å². The lowest BCUT2D eigenvalue weighted by Crippen LogP contribution is -2.08. The van der Waals surface area contributed by atoms with E-state index in [0.29, 0.717) is 0 Å². The average Bonchev–Trinajstić information content (AvgIpc) is 2.42. The van der Waals surface area contributed by atoms with Crippen LogP contribution in [0.15, 0.2) is 42.5 Å². The van der Waals surface area contributed by atoms with Gasteiger partial charge in [-0.25, -0.2) is 0 Å². The minimum atomic E-state index is 0.0774. The van der Waals surface area contributed by atoms with Gasteiger partial charge in [-0.2, -0.15) is 0 Å². The molecule has 0 aromatic heterocycles. The van der Waals surface area contributed by atoms with Crippen molar-refractivity contribution in [3.8, 4) is 0 Å². The van der Waals surface area contributed by atoms with Gasteiger partial charge in [0.2, 0.25) is 0 Å². The van der Waals surface area contributed by atoms with Crippen molar-refractivity contribution in [2.45, 2.75) is 27.2 Å². The molecule has 0 unspecified atom stereocenters. The van der Waals surface area contributed by atoms with Crippen LogP contribution in [-0.2, 0) is 11.2 Å². The summed E-state index contributed by atoms with van der Waals surface area (Å²) in [6.45, 7) is 5.79. The second-order valence-electron chi connectivity index (χ2n) is 5.73. The lowest BCUT2D eigenvalue weighted by atomic mass is 9.88. The number of allylic oxidation sites excluding steroid dienone is 1. The predicted octanol–water partition coefficient (Wildman–Crippen LogP) is 2.75. The molecular weight excluding hydrogens is 255 g/mol. The first-order valence-electron chi connectivity index (χ1n) is 7.30. The van der Waals surface area contributed by atoms with Gasteiger partial charge in [-0.1, -0.05) is 53.5 Å². The molecule has 2 rings (SSSR count). The van der Waals surface area contributed by atoms with E-state index in [1.54, 1.807) is 13.0 Å². The van der Waals surface area contributed by atoms with E-state index < -0.39 is 0 Å². The summed E-state index contributed by atoms with van der Waals surface area (Å²) < 4.78 is 0. The molecule has 21 heavy (non-hydrogen) atoms. The molecule has 0 atom stereocenters. The Balaban J connectivity index is 2.20. The molecule has 0 bridgehead atoms. The molecule has 0 aliphatic rings. The van der Waals surface area contributed by atoms with Crippen LogP contribution >= 0.6 is 0 Å². The van der Waals surface area contributed by atoms with Crippen LogP contribution in [0.1, 0.15) is 34.7 Å². The van der Waals surface area contributed by atoms with Crippen molar-refractivity contribution in [2.75, 3.05) is 0 Å². The molecule has 0 aliphatic heterocycles. The molecule has 0 spiro atoms. The zero-order chi connectivity index (χ0) is 15.4. The summed E-state index contributed by atoms with van der Waals surface area (Å²) in [5.74, 6) is 0.0774. The summed E-state index contributed by atoms with van der Waals surface area (Å²) in [4.78, 5) is 11.0. The van der Waals surface area contributed by atoms with Gasteiger partial charge in [0.25, 0.3) is 0 Å². The first-order valence-corrected chi connectivity index (χ1v) is 7.30. The van der Waals surface area contributed by atoms with Crippen LogP contribution in [0.2, 0.25) is 0 Å². The highest BCUT2D eigenvalue weighted by atomic mass is 16.1. The molecule has 2 heteroatoms. The van der Waals surface area contributed by atoms with E-state index in [9.17, 15) is 4.79 Å². The van der Waals surface area contributed by atoms with Gasteiger partial charge in [0, 0.05) is 0 Å². The largest absolute Gasteiger partial charge is 0.295 e. The third-order valence-electron chi connectivity index (χ3n) is 3.81. The van der Waals surface area contributed by atoms with Crippen LogP contribution in [0, 0.1) is 13.8 Å². The Kier molecular flexibility index (Phi) is 4.79. The number of aryl methyl sites for hydroxylation is 2. The maximum absolute atomic E-state index is 11.0. The molecule has 0 saturated heterocycles. The number of hydrogen-bond donors (Lipinski definition) is 0. The minimum Gasteiger partial charge on any atom is -0.295 e. The minimum absolute atomic E-state index is 0.0774. The van der Waals surface area contributed by atoms with Gasteiger partial charge < -0.3 is 0 Å². The predicted molar refractivity (Wildman–Crippen MR) is 93.1 cm³/mol. The maximum atomic E-state index is 11.0. The highest BCUT2D eigenvalue weighted by Crippen LogP contribution is 2.16. The van der Waals surface area contributed by atoms with Crippen molar-refractivity contribution >= 4 is 25.2 Å². The average molecular weight is 276 g/mol. The summed E-state index contributed by atoms with van der Waals surface area (Å²) in [6, 6.07) is 13.1. The lowest BCUT2D eigenvalue weighted by Gasteiger charge is -2.08. The SMILES string of the molecule is Bc1cc(Cc2ccc(/C=C\C(C)=O)c(C)c2)ccc1C. The molecule has 0 radical (unpaired) electrons. The zero-order valence-corrected chi connectivity index (χ0v) is 13.2. The number of carbonyl (C=O) groups is 1. The molecular formula is C19H21BO. The fourth-order valence-corrected chi connectivity index (χ4v) is 2.39. The molecule has 0 N–H and O–H groups in total. The zero-order valence-electron chi connectivity index (χ0n) is 13.2. The highest BCUT2D eigenvalue weighted by Gasteiger charge is 2.01. The lowest BCUT2D eigenvalue weighted by molar-refractivity contribution is -0.112. The molecule has 1 nitrogen and oxygen atoms in total. The van der Waals surface area contributed by atoms with Crippen LogP contribution in [0.3, 0.4) is 0 Å². The van der Waals surface area contributed by atoms with Gasteiger partial charge in [-0.05, 0) is 55.5 Å². The summed E-state index contributed by atoms with van der Waals surface area (Å²) in [7, 11) is 2.15. The summed E-state index contributed by atoms with van der Waals surface area (Å²) >= 11 is 0. The normalized spacial score (nSPS) is 11.0. The quantitative estimate of drug-likeness (QED) is 0.620. The molecule has 106 valence electrons. The van der Waals surface area contributed by atoms with Crippen LogP contribution in [0.25, 0.3) is 6.08 Å². The Morgan fingerprint density at radius 2 is 1.71 bits per heavy atom. The Morgan fingerprint density at radius 1 is 1.05 bits per heavy atom. The summed E-state index contributed by atoms with van der Waals surface area (Å²) in [5, 5.41) is 0. The molecule has 0 fully saturated rings. The van der Waals surface area contributed by atoms with Crippen molar-refractivity contribution in [1.29, 1.82) is 0 Å². The molecule has 0 saturated carbocycles. The van der Waals surface area contributed by atoms with Crippen molar-refractivity contribution < 1.29 is 4.79 Å². The standard InChI is InChI=1S/C19H21BO/c1-13-4-6-17(12-19(13)20)11-16-7-9-18(14(2)10-16)8-5-15(3)21/h4-10,12H,11,20H2,1-3H3/b8-5-. The third-order valence-corrected chi connectivity index (χ3v) is 3.81. The first kappa shape index (κ1) is 15.3. The van der Waals surface area contributed by atoms with E-state index >= 15 is 0 Å². The van der Waals surface area contributed by atoms with Gasteiger partial charge in [0.1, 0.15) is 7.85 Å². The van der Waals surface area contributed by atoms with Gasteiger partial charge in [0.05, 0.1) is 0 Å². The Labute approximate surface area is 128 Å². The third kappa shape index (κ3) is 4.19. The van der Waals surface area contributed by atoms with Crippen molar-refractivity contribution in [2.24, 2.45) is 0 Å². The van der Waals surface area contributed by atoms with Crippen molar-refractivity contribution in [1.82, 2.24) is 0 Å². The second-order valence-corrected chi connectivity index (χ2v) is 5.73. The van der Waals surface area contributed by atoms with E-state index in [2.05, 4.69) is 58.1 Å². The molecule has 0 amide bonds. The van der Waals surface area contributed by atoms with E-state index in [-0.39, 0.29) is 5.78 Å². The fourth-order valence-electron chi connectivity index (χ4n) is 2.39. The van der Waals surface area contributed by atoms with E-state index in [4.69, 9.17) is 0 Å². The fraction of sp³-hybridized carbons (Fsp3) is 0.211. The van der Waals surface area contributed by atoms with Gasteiger partial charge in [0.15, 0.2) is 5.78 Å². The van der Waals surface area contributed by atoms with Crippen LogP contribution < -0.4 is 5.46 Å². The molecule has 0 aliphatic carbocycles. The first-order chi connectivity index (χ1) is 9.95. The number of rotatable bonds is 4. The van der Waals surface area contributed by atoms with Crippen LogP contribution in [-0.4, -0.2) is 13.6 Å². The number of ketones is 1. The van der Waals surface area contributed by atoms with Crippen LogP contribution in [0.4, 0.5) is 0 Å². The Hall–Kier alpha value is -2.09. The smallest absolute Gasteiger partial charge is 0.152 e. The maximum Gasteiger partial charge on any atom is 0.152 e. The summed E-state index contributed by atoms with van der Waals surface area (Å²) in [6.07, 6.45) is 4.45. The molecule has 2 aromatic carbocycles. The topological polar surface area (TPSA) is 17.1 Å². The highest BCUT2D eigenvalue weighted by molar-refractivity contribution is 6.33. The number of hydrogen-bond acceptors (Lipinski definition) is 1. The van der Waals surface area contributed by atoms with Crippen molar-refractivity contribution in [3.05, 3.63) is 70.3 Å². The van der Waals surface area contributed by atoms with Gasteiger partial charge >= 0.3 is 0 Å². The van der Waals surface area contributed by atoms with E-state index in [0.717, 1.165) is 12.0 Å². The van der Waals surface area contributed by atoms with E-state index in [1.807, 2.05) is 6.08 Å². The molecule has 0 heterocycles. The Bertz CT molecular complexity index is 699.